The summed E-state index contributed by atoms with van der Waals surface area (Å²) in [5, 5.41) is 3.05. The number of benzene rings is 2. The van der Waals surface area contributed by atoms with Crippen molar-refractivity contribution in [3.8, 4) is 0 Å². The van der Waals surface area contributed by atoms with Gasteiger partial charge in [0.05, 0.1) is 4.75 Å². The molecular weight excluding hydrogens is 376 g/mol. The fourth-order valence-corrected chi connectivity index (χ4v) is 5.21. The van der Waals surface area contributed by atoms with E-state index in [-0.39, 0.29) is 11.1 Å². The molecule has 0 atom stereocenters. The van der Waals surface area contributed by atoms with Gasteiger partial charge in [0.25, 0.3) is 5.24 Å². The summed E-state index contributed by atoms with van der Waals surface area (Å²) >= 11 is 2.82. The molecule has 1 N–H and O–H groups in total. The largest absolute Gasteiger partial charge is 0.339 e. The summed E-state index contributed by atoms with van der Waals surface area (Å²) in [6, 6.07) is 17.6. The average molecular weight is 401 g/mol. The molecule has 3 rings (SSSR count). The second-order valence-corrected chi connectivity index (χ2v) is 9.34. The molecule has 1 fully saturated rings. The Morgan fingerprint density at radius 3 is 2.30 bits per heavy atom. The summed E-state index contributed by atoms with van der Waals surface area (Å²) in [5.74, 6) is 0.0509. The number of carbonyl (C=O) groups excluding carboxylic acids is 2. The maximum atomic E-state index is 13.2. The Hall–Kier alpha value is -1.92. The number of nitrogens with one attached hydrogen (secondary N) is 1. The smallest absolute Gasteiger partial charge is 0.285 e. The SMILES string of the molecule is CN(C)C(=O)Sc1cccc(NC(=O)C2(Sc3ccccc3)CCCC2)c1. The van der Waals surface area contributed by atoms with E-state index in [1.54, 1.807) is 30.8 Å². The van der Waals surface area contributed by atoms with Gasteiger partial charge in [-0.05, 0) is 54.9 Å². The lowest BCUT2D eigenvalue weighted by molar-refractivity contribution is -0.118. The highest BCUT2D eigenvalue weighted by atomic mass is 32.2. The molecule has 2 aromatic rings. The van der Waals surface area contributed by atoms with Gasteiger partial charge in [0.2, 0.25) is 5.91 Å². The van der Waals surface area contributed by atoms with Gasteiger partial charge in [-0.1, -0.05) is 37.1 Å². The van der Waals surface area contributed by atoms with Gasteiger partial charge < -0.3 is 10.2 Å². The first-order valence-corrected chi connectivity index (χ1v) is 10.7. The molecule has 1 aliphatic rings. The van der Waals surface area contributed by atoms with Crippen molar-refractivity contribution in [2.24, 2.45) is 0 Å². The highest BCUT2D eigenvalue weighted by Gasteiger charge is 2.42. The minimum absolute atomic E-state index is 0.0367. The highest BCUT2D eigenvalue weighted by molar-refractivity contribution is 8.13. The van der Waals surface area contributed by atoms with Crippen LogP contribution >= 0.6 is 23.5 Å². The number of nitrogens with zero attached hydrogens (tertiary/aromatic N) is 1. The quantitative estimate of drug-likeness (QED) is 0.673. The summed E-state index contributed by atoms with van der Waals surface area (Å²) in [4.78, 5) is 28.6. The molecule has 142 valence electrons. The van der Waals surface area contributed by atoms with E-state index in [1.165, 1.54) is 0 Å². The Morgan fingerprint density at radius 2 is 1.63 bits per heavy atom. The summed E-state index contributed by atoms with van der Waals surface area (Å²) in [6.45, 7) is 0. The zero-order valence-corrected chi connectivity index (χ0v) is 17.2. The Labute approximate surface area is 169 Å². The molecule has 0 unspecified atom stereocenters. The molecule has 0 heterocycles. The Kier molecular flexibility index (Phi) is 6.50. The molecule has 0 spiro atoms. The van der Waals surface area contributed by atoms with Gasteiger partial charge >= 0.3 is 0 Å². The van der Waals surface area contributed by atoms with E-state index in [0.29, 0.717) is 0 Å². The molecular formula is C21H24N2O2S2. The van der Waals surface area contributed by atoms with Crippen LogP contribution in [-0.4, -0.2) is 34.9 Å². The molecule has 27 heavy (non-hydrogen) atoms. The van der Waals surface area contributed by atoms with Crippen LogP contribution < -0.4 is 5.32 Å². The van der Waals surface area contributed by atoms with Gasteiger partial charge in [0.15, 0.2) is 0 Å². The van der Waals surface area contributed by atoms with Crippen molar-refractivity contribution >= 4 is 40.4 Å². The van der Waals surface area contributed by atoms with Crippen LogP contribution in [0.3, 0.4) is 0 Å². The van der Waals surface area contributed by atoms with Crippen LogP contribution in [0.15, 0.2) is 64.4 Å². The minimum atomic E-state index is -0.427. The third-order valence-corrected chi connectivity index (χ3v) is 7.07. The molecule has 1 saturated carbocycles. The molecule has 1 aliphatic carbocycles. The zero-order chi connectivity index (χ0) is 19.3. The van der Waals surface area contributed by atoms with Crippen molar-refractivity contribution < 1.29 is 9.59 Å². The standard InChI is InChI=1S/C21H24N2O2S2/c1-23(2)20(25)26-18-12-8-9-16(15-18)22-19(24)21(13-6-7-14-21)27-17-10-4-3-5-11-17/h3-5,8-12,15H,6-7,13-14H2,1-2H3,(H,22,24). The molecule has 2 amide bonds. The summed E-state index contributed by atoms with van der Waals surface area (Å²) < 4.78 is -0.427. The normalized spacial score (nSPS) is 15.3. The Morgan fingerprint density at radius 1 is 0.963 bits per heavy atom. The lowest BCUT2D eigenvalue weighted by Crippen LogP contribution is -2.37. The lowest BCUT2D eigenvalue weighted by atomic mass is 10.1. The minimum Gasteiger partial charge on any atom is -0.339 e. The van der Waals surface area contributed by atoms with Crippen molar-refractivity contribution in [1.82, 2.24) is 4.90 Å². The van der Waals surface area contributed by atoms with Gasteiger partial charge in [-0.25, -0.2) is 0 Å². The number of anilines is 1. The van der Waals surface area contributed by atoms with Crippen molar-refractivity contribution in [3.05, 3.63) is 54.6 Å². The van der Waals surface area contributed by atoms with E-state index in [4.69, 9.17) is 0 Å². The molecule has 6 heteroatoms. The van der Waals surface area contributed by atoms with Crippen LogP contribution in [0.5, 0.6) is 0 Å². The lowest BCUT2D eigenvalue weighted by Gasteiger charge is -2.27. The number of amides is 2. The molecule has 2 aromatic carbocycles. The van der Waals surface area contributed by atoms with Crippen LogP contribution in [0.1, 0.15) is 25.7 Å². The maximum absolute atomic E-state index is 13.2. The summed E-state index contributed by atoms with van der Waals surface area (Å²) in [6.07, 6.45) is 3.90. The van der Waals surface area contributed by atoms with Gasteiger partial charge in [-0.2, -0.15) is 0 Å². The van der Waals surface area contributed by atoms with E-state index in [2.05, 4.69) is 17.4 Å². The van der Waals surface area contributed by atoms with Crippen molar-refractivity contribution in [2.45, 2.75) is 40.2 Å². The second kappa shape index (κ2) is 8.85. The topological polar surface area (TPSA) is 49.4 Å². The van der Waals surface area contributed by atoms with Crippen LogP contribution in [0.25, 0.3) is 0 Å². The fraction of sp³-hybridized carbons (Fsp3) is 0.333. The predicted octanol–water partition coefficient (Wildman–Crippen LogP) is 5.50. The van der Waals surface area contributed by atoms with Gasteiger partial charge in [0.1, 0.15) is 0 Å². The van der Waals surface area contributed by atoms with Crippen molar-refractivity contribution in [1.29, 1.82) is 0 Å². The van der Waals surface area contributed by atoms with E-state index >= 15 is 0 Å². The van der Waals surface area contributed by atoms with E-state index in [1.807, 2.05) is 42.5 Å². The molecule has 0 bridgehead atoms. The third-order valence-electron chi connectivity index (χ3n) is 4.54. The van der Waals surface area contributed by atoms with E-state index in [0.717, 1.165) is 52.9 Å². The first-order chi connectivity index (χ1) is 13.0. The van der Waals surface area contributed by atoms with Crippen molar-refractivity contribution in [3.63, 3.8) is 0 Å². The van der Waals surface area contributed by atoms with Crippen LogP contribution in [0.4, 0.5) is 10.5 Å². The number of carbonyl (C=O) groups is 2. The van der Waals surface area contributed by atoms with Gasteiger partial charge in [-0.15, -0.1) is 11.8 Å². The van der Waals surface area contributed by atoms with Crippen LogP contribution in [0.2, 0.25) is 0 Å². The second-order valence-electron chi connectivity index (χ2n) is 6.86. The number of thioether (sulfide) groups is 2. The van der Waals surface area contributed by atoms with Gasteiger partial charge in [0, 0.05) is 29.6 Å². The average Bonchev–Trinajstić information content (AvgIpc) is 3.12. The molecule has 0 aliphatic heterocycles. The molecule has 0 radical (unpaired) electrons. The zero-order valence-electron chi connectivity index (χ0n) is 15.6. The molecule has 4 nitrogen and oxygen atoms in total. The monoisotopic (exact) mass is 400 g/mol. The molecule has 0 saturated heterocycles. The maximum Gasteiger partial charge on any atom is 0.285 e. The number of hydrogen-bond donors (Lipinski definition) is 1. The Balaban J connectivity index is 1.73. The first-order valence-electron chi connectivity index (χ1n) is 9.03. The molecule has 0 aromatic heterocycles. The first kappa shape index (κ1) is 19.8. The predicted molar refractivity (Wildman–Crippen MR) is 114 cm³/mol. The number of rotatable bonds is 5. The number of hydrogen-bond acceptors (Lipinski definition) is 4. The summed E-state index contributed by atoms with van der Waals surface area (Å²) in [7, 11) is 3.46. The third kappa shape index (κ3) is 5.08. The van der Waals surface area contributed by atoms with Crippen LogP contribution in [0, 0.1) is 0 Å². The Bertz CT molecular complexity index is 803. The van der Waals surface area contributed by atoms with E-state index < -0.39 is 4.75 Å². The fourth-order valence-electron chi connectivity index (χ4n) is 3.11. The van der Waals surface area contributed by atoms with Gasteiger partial charge in [-0.3, -0.25) is 9.59 Å². The van der Waals surface area contributed by atoms with Crippen LogP contribution in [-0.2, 0) is 4.79 Å². The highest BCUT2D eigenvalue weighted by Crippen LogP contribution is 2.46. The summed E-state index contributed by atoms with van der Waals surface area (Å²) in [5.41, 5.74) is 0.733. The van der Waals surface area contributed by atoms with E-state index in [9.17, 15) is 9.59 Å². The van der Waals surface area contributed by atoms with Crippen molar-refractivity contribution in [2.75, 3.05) is 19.4 Å².